The van der Waals surface area contributed by atoms with E-state index in [9.17, 15) is 8.42 Å². The van der Waals surface area contributed by atoms with Crippen LogP contribution in [0.4, 0.5) is 5.82 Å². The molecule has 4 rings (SSSR count). The van der Waals surface area contributed by atoms with Gasteiger partial charge in [0, 0.05) is 11.6 Å². The van der Waals surface area contributed by atoms with Crippen LogP contribution in [0.25, 0.3) is 11.1 Å². The van der Waals surface area contributed by atoms with Crippen LogP contribution >= 0.6 is 23.2 Å². The zero-order valence-electron chi connectivity index (χ0n) is 13.3. The van der Waals surface area contributed by atoms with Gasteiger partial charge in [-0.15, -0.1) is 0 Å². The number of aryl methyl sites for hydroxylation is 1. The van der Waals surface area contributed by atoms with Gasteiger partial charge in [0.2, 0.25) is 10.0 Å². The van der Waals surface area contributed by atoms with E-state index in [0.717, 1.165) is 11.1 Å². The SMILES string of the molecule is O=S1(=O)CCn2ncc(-c3ccc(Oc4ccc(Cl)c(Cl)c4)cc3)c2N1. The summed E-state index contributed by atoms with van der Waals surface area (Å²) in [6, 6.07) is 12.3. The lowest BCUT2D eigenvalue weighted by molar-refractivity contribution is 0.483. The first-order valence-corrected chi connectivity index (χ1v) is 10.1. The van der Waals surface area contributed by atoms with Crippen molar-refractivity contribution in [2.75, 3.05) is 10.5 Å². The molecular weight excluding hydrogens is 397 g/mol. The number of halogens is 2. The molecule has 1 aliphatic heterocycles. The zero-order valence-corrected chi connectivity index (χ0v) is 15.6. The van der Waals surface area contributed by atoms with Crippen molar-refractivity contribution >= 4 is 39.0 Å². The molecule has 0 bridgehead atoms. The van der Waals surface area contributed by atoms with E-state index in [0.29, 0.717) is 33.9 Å². The normalized spacial score (nSPS) is 15.2. The Kier molecular flexibility index (Phi) is 4.30. The number of rotatable bonds is 3. The molecule has 9 heteroatoms. The van der Waals surface area contributed by atoms with Crippen LogP contribution in [0.15, 0.2) is 48.7 Å². The second-order valence-corrected chi connectivity index (χ2v) is 8.41. The van der Waals surface area contributed by atoms with Crippen LogP contribution in [-0.4, -0.2) is 24.0 Å². The van der Waals surface area contributed by atoms with Crippen molar-refractivity contribution in [2.24, 2.45) is 0 Å². The molecule has 0 fully saturated rings. The molecule has 6 nitrogen and oxygen atoms in total. The molecule has 0 amide bonds. The maximum Gasteiger partial charge on any atom is 0.235 e. The fraction of sp³-hybridized carbons (Fsp3) is 0.118. The van der Waals surface area contributed by atoms with E-state index in [1.165, 1.54) is 0 Å². The average Bonchev–Trinajstić information content (AvgIpc) is 3.00. The van der Waals surface area contributed by atoms with Gasteiger partial charge in [-0.2, -0.15) is 5.10 Å². The minimum absolute atomic E-state index is 0.0253. The molecule has 0 spiro atoms. The third-order valence-corrected chi connectivity index (χ3v) is 5.92. The Labute approximate surface area is 160 Å². The number of nitrogens with zero attached hydrogens (tertiary/aromatic N) is 2. The summed E-state index contributed by atoms with van der Waals surface area (Å²) in [7, 11) is -3.31. The van der Waals surface area contributed by atoms with E-state index in [2.05, 4.69) is 9.82 Å². The Bertz CT molecular complexity index is 1080. The monoisotopic (exact) mass is 409 g/mol. The van der Waals surface area contributed by atoms with Gasteiger partial charge in [-0.1, -0.05) is 35.3 Å². The van der Waals surface area contributed by atoms with Gasteiger partial charge in [-0.05, 0) is 29.8 Å². The average molecular weight is 410 g/mol. The Morgan fingerprint density at radius 1 is 1.04 bits per heavy atom. The molecule has 0 aliphatic carbocycles. The molecule has 0 saturated carbocycles. The predicted molar refractivity (Wildman–Crippen MR) is 102 cm³/mol. The van der Waals surface area contributed by atoms with Gasteiger partial charge in [-0.25, -0.2) is 13.1 Å². The second kappa shape index (κ2) is 6.50. The number of anilines is 1. The molecule has 1 aliphatic rings. The quantitative estimate of drug-likeness (QED) is 0.695. The fourth-order valence-electron chi connectivity index (χ4n) is 2.66. The van der Waals surface area contributed by atoms with Crippen LogP contribution in [0.1, 0.15) is 0 Å². The molecular formula is C17H13Cl2N3O3S. The number of hydrogen-bond donors (Lipinski definition) is 1. The number of nitrogens with one attached hydrogen (secondary N) is 1. The zero-order chi connectivity index (χ0) is 18.3. The molecule has 0 radical (unpaired) electrons. The number of ether oxygens (including phenoxy) is 1. The summed E-state index contributed by atoms with van der Waals surface area (Å²) in [6.45, 7) is 0.336. The van der Waals surface area contributed by atoms with Gasteiger partial charge in [0.25, 0.3) is 0 Å². The highest BCUT2D eigenvalue weighted by atomic mass is 35.5. The van der Waals surface area contributed by atoms with Crippen LogP contribution in [0.5, 0.6) is 11.5 Å². The molecule has 2 aromatic carbocycles. The van der Waals surface area contributed by atoms with Crippen molar-refractivity contribution in [2.45, 2.75) is 6.54 Å². The smallest absolute Gasteiger partial charge is 0.235 e. The van der Waals surface area contributed by atoms with Crippen LogP contribution in [-0.2, 0) is 16.6 Å². The summed E-state index contributed by atoms with van der Waals surface area (Å²) >= 11 is 11.9. The molecule has 26 heavy (non-hydrogen) atoms. The van der Waals surface area contributed by atoms with Crippen LogP contribution < -0.4 is 9.46 Å². The van der Waals surface area contributed by atoms with E-state index < -0.39 is 10.0 Å². The summed E-state index contributed by atoms with van der Waals surface area (Å²) in [5.74, 6) is 1.70. The van der Waals surface area contributed by atoms with Gasteiger partial charge >= 0.3 is 0 Å². The summed E-state index contributed by atoms with van der Waals surface area (Å²) < 4.78 is 33.6. The van der Waals surface area contributed by atoms with Gasteiger partial charge in [0.1, 0.15) is 17.3 Å². The summed E-state index contributed by atoms with van der Waals surface area (Å²) in [5, 5.41) is 5.12. The molecule has 2 heterocycles. The lowest BCUT2D eigenvalue weighted by Crippen LogP contribution is -2.28. The van der Waals surface area contributed by atoms with Crippen LogP contribution in [0.3, 0.4) is 0 Å². The first-order valence-electron chi connectivity index (χ1n) is 7.71. The summed E-state index contributed by atoms with van der Waals surface area (Å²) in [6.07, 6.45) is 1.65. The van der Waals surface area contributed by atoms with E-state index in [-0.39, 0.29) is 5.75 Å². The first-order chi connectivity index (χ1) is 12.4. The summed E-state index contributed by atoms with van der Waals surface area (Å²) in [4.78, 5) is 0. The van der Waals surface area contributed by atoms with Crippen LogP contribution in [0, 0.1) is 0 Å². The number of sulfonamides is 1. The molecule has 1 aromatic heterocycles. The summed E-state index contributed by atoms with van der Waals surface area (Å²) in [5.41, 5.74) is 1.55. The van der Waals surface area contributed by atoms with E-state index in [1.807, 2.05) is 12.1 Å². The predicted octanol–water partition coefficient (Wildman–Crippen LogP) is 4.40. The minimum Gasteiger partial charge on any atom is -0.457 e. The molecule has 3 aromatic rings. The Hall–Kier alpha value is -2.22. The Morgan fingerprint density at radius 2 is 1.77 bits per heavy atom. The van der Waals surface area contributed by atoms with Crippen molar-refractivity contribution < 1.29 is 13.2 Å². The Balaban J connectivity index is 1.59. The van der Waals surface area contributed by atoms with Gasteiger partial charge < -0.3 is 4.74 Å². The van der Waals surface area contributed by atoms with Crippen molar-refractivity contribution in [3.8, 4) is 22.6 Å². The maximum atomic E-state index is 11.8. The van der Waals surface area contributed by atoms with Gasteiger partial charge in [0.15, 0.2) is 0 Å². The lowest BCUT2D eigenvalue weighted by atomic mass is 10.1. The highest BCUT2D eigenvalue weighted by molar-refractivity contribution is 7.92. The van der Waals surface area contributed by atoms with Gasteiger partial charge in [-0.3, -0.25) is 4.72 Å². The largest absolute Gasteiger partial charge is 0.457 e. The first kappa shape index (κ1) is 17.2. The van der Waals surface area contributed by atoms with E-state index in [1.54, 1.807) is 41.2 Å². The van der Waals surface area contributed by atoms with E-state index >= 15 is 0 Å². The van der Waals surface area contributed by atoms with Crippen molar-refractivity contribution in [3.05, 3.63) is 58.7 Å². The minimum atomic E-state index is -3.31. The highest BCUT2D eigenvalue weighted by Gasteiger charge is 2.24. The molecule has 0 atom stereocenters. The maximum absolute atomic E-state index is 11.8. The van der Waals surface area contributed by atoms with E-state index in [4.69, 9.17) is 27.9 Å². The molecule has 0 saturated heterocycles. The second-order valence-electron chi connectivity index (χ2n) is 5.75. The standard InChI is InChI=1S/C17H13Cl2N3O3S/c18-15-6-5-13(9-16(15)19)25-12-3-1-11(2-4-12)14-10-20-22-7-8-26(23,24)21-17(14)22/h1-6,9-10,21H,7-8H2. The third kappa shape index (κ3) is 3.38. The fourth-order valence-corrected chi connectivity index (χ4v) is 3.97. The van der Waals surface area contributed by atoms with Crippen LogP contribution in [0.2, 0.25) is 10.0 Å². The molecule has 1 N–H and O–H groups in total. The number of benzene rings is 2. The molecule has 134 valence electrons. The highest BCUT2D eigenvalue weighted by Crippen LogP contribution is 2.33. The Morgan fingerprint density at radius 3 is 2.50 bits per heavy atom. The number of fused-ring (bicyclic) bond motifs is 1. The number of aromatic nitrogens is 2. The van der Waals surface area contributed by atoms with Crippen molar-refractivity contribution in [1.29, 1.82) is 0 Å². The number of hydrogen-bond acceptors (Lipinski definition) is 4. The van der Waals surface area contributed by atoms with Crippen molar-refractivity contribution in [1.82, 2.24) is 9.78 Å². The lowest BCUT2D eigenvalue weighted by Gasteiger charge is -2.17. The molecule has 0 unspecified atom stereocenters. The topological polar surface area (TPSA) is 73.2 Å². The van der Waals surface area contributed by atoms with Gasteiger partial charge in [0.05, 0.1) is 28.5 Å². The third-order valence-electron chi connectivity index (χ3n) is 3.96. The van der Waals surface area contributed by atoms with Crippen molar-refractivity contribution in [3.63, 3.8) is 0 Å².